The first-order valence-corrected chi connectivity index (χ1v) is 8.62. The number of carbonyl (C=O) groups excluding carboxylic acids is 1. The molecular weight excluding hydrogens is 355 g/mol. The number of fused-ring (bicyclic) bond motifs is 1. The van der Waals surface area contributed by atoms with Crippen LogP contribution in [0, 0.1) is 0 Å². The number of halogens is 3. The molecule has 0 saturated carbocycles. The number of amides is 1. The lowest BCUT2D eigenvalue weighted by Gasteiger charge is -2.26. The van der Waals surface area contributed by atoms with Gasteiger partial charge in [0.25, 0.3) is 5.82 Å². The third-order valence-electron chi connectivity index (χ3n) is 3.96. The Bertz CT molecular complexity index is 777. The van der Waals surface area contributed by atoms with Crippen molar-refractivity contribution in [3.05, 3.63) is 41.2 Å². The van der Waals surface area contributed by atoms with Gasteiger partial charge < -0.3 is 11.2 Å². The molecule has 3 N–H and O–H groups in total. The molecule has 1 heterocycles. The van der Waals surface area contributed by atoms with Crippen LogP contribution in [0.1, 0.15) is 35.8 Å². The van der Waals surface area contributed by atoms with Crippen LogP contribution in [0.4, 0.5) is 13.2 Å². The summed E-state index contributed by atoms with van der Waals surface area (Å²) >= 11 is 0.814. The van der Waals surface area contributed by atoms with Gasteiger partial charge in [0.2, 0.25) is 11.1 Å². The van der Waals surface area contributed by atoms with Crippen LogP contribution >= 0.6 is 11.8 Å². The molecule has 1 aliphatic rings. The molecule has 0 fully saturated rings. The van der Waals surface area contributed by atoms with Gasteiger partial charge in [-0.2, -0.15) is 13.2 Å². The second-order valence-electron chi connectivity index (χ2n) is 5.67. The average Bonchev–Trinajstić information content (AvgIpc) is 2.94. The molecule has 1 atom stereocenters. The first-order chi connectivity index (χ1) is 11.9. The summed E-state index contributed by atoms with van der Waals surface area (Å²) in [7, 11) is 0. The van der Waals surface area contributed by atoms with Crippen molar-refractivity contribution in [2.45, 2.75) is 36.6 Å². The summed E-state index contributed by atoms with van der Waals surface area (Å²) in [5.74, 6) is 3.67. The fourth-order valence-electron chi connectivity index (χ4n) is 2.84. The highest BCUT2D eigenvalue weighted by Gasteiger charge is 2.38. The highest BCUT2D eigenvalue weighted by Crippen LogP contribution is 2.30. The second kappa shape index (κ2) is 6.95. The van der Waals surface area contributed by atoms with Gasteiger partial charge in [-0.05, 0) is 30.4 Å². The van der Waals surface area contributed by atoms with Crippen LogP contribution in [-0.2, 0) is 17.4 Å². The Kier molecular flexibility index (Phi) is 4.89. The number of hydrogen-bond donors (Lipinski definition) is 2. The summed E-state index contributed by atoms with van der Waals surface area (Å²) in [5.41, 5.74) is 2.30. The van der Waals surface area contributed by atoms with Gasteiger partial charge in [-0.25, -0.2) is 4.68 Å². The topological polar surface area (TPSA) is 85.8 Å². The highest BCUT2D eigenvalue weighted by molar-refractivity contribution is 7.99. The van der Waals surface area contributed by atoms with Crippen molar-refractivity contribution in [1.82, 2.24) is 20.2 Å². The predicted molar refractivity (Wildman–Crippen MR) is 86.2 cm³/mol. The number of carbonyl (C=O) groups is 1. The zero-order valence-electron chi connectivity index (χ0n) is 13.1. The van der Waals surface area contributed by atoms with Gasteiger partial charge in [-0.1, -0.05) is 36.0 Å². The number of thioether (sulfide) groups is 1. The zero-order chi connectivity index (χ0) is 18.0. The van der Waals surface area contributed by atoms with Gasteiger partial charge in [0.05, 0.1) is 11.8 Å². The number of nitrogens with one attached hydrogen (secondary N) is 1. The Morgan fingerprint density at radius 1 is 1.36 bits per heavy atom. The Balaban J connectivity index is 1.61. The Morgan fingerprint density at radius 2 is 2.12 bits per heavy atom. The molecule has 0 radical (unpaired) electrons. The van der Waals surface area contributed by atoms with Crippen molar-refractivity contribution in [2.24, 2.45) is 0 Å². The summed E-state index contributed by atoms with van der Waals surface area (Å²) < 4.78 is 38.2. The Morgan fingerprint density at radius 3 is 2.84 bits per heavy atom. The largest absolute Gasteiger partial charge is 0.453 e. The van der Waals surface area contributed by atoms with E-state index in [9.17, 15) is 18.0 Å². The lowest BCUT2D eigenvalue weighted by Crippen LogP contribution is -2.32. The van der Waals surface area contributed by atoms with Crippen molar-refractivity contribution < 1.29 is 18.0 Å². The molecule has 2 aromatic rings. The normalized spacial score (nSPS) is 17.2. The smallest absolute Gasteiger partial charge is 0.349 e. The molecule has 0 saturated heterocycles. The molecule has 1 aromatic heterocycles. The van der Waals surface area contributed by atoms with E-state index in [4.69, 9.17) is 5.84 Å². The van der Waals surface area contributed by atoms with Crippen molar-refractivity contribution in [3.8, 4) is 0 Å². The summed E-state index contributed by atoms with van der Waals surface area (Å²) in [4.78, 5) is 12.2. The first-order valence-electron chi connectivity index (χ1n) is 7.64. The van der Waals surface area contributed by atoms with E-state index in [1.54, 1.807) is 0 Å². The van der Waals surface area contributed by atoms with Gasteiger partial charge in [0.15, 0.2) is 0 Å². The van der Waals surface area contributed by atoms with E-state index in [1.165, 1.54) is 5.56 Å². The number of nitrogen functional groups attached to an aromatic ring is 1. The first kappa shape index (κ1) is 17.6. The molecule has 0 spiro atoms. The van der Waals surface area contributed by atoms with E-state index in [1.807, 2.05) is 24.3 Å². The minimum absolute atomic E-state index is 0.0838. The lowest BCUT2D eigenvalue weighted by molar-refractivity contribution is -0.146. The molecule has 1 aromatic carbocycles. The molecule has 1 amide bonds. The minimum Gasteiger partial charge on any atom is -0.349 e. The van der Waals surface area contributed by atoms with E-state index in [0.717, 1.165) is 36.6 Å². The van der Waals surface area contributed by atoms with Crippen LogP contribution in [0.3, 0.4) is 0 Å². The molecule has 0 aliphatic heterocycles. The van der Waals surface area contributed by atoms with Crippen LogP contribution in [-0.4, -0.2) is 26.5 Å². The van der Waals surface area contributed by atoms with E-state index in [0.29, 0.717) is 4.68 Å². The number of benzene rings is 1. The maximum Gasteiger partial charge on any atom is 0.453 e. The Hall–Kier alpha value is -2.23. The van der Waals surface area contributed by atoms with E-state index in [2.05, 4.69) is 15.5 Å². The SMILES string of the molecule is Nn1c(SCC(=O)NC2CCCc3ccccc32)nnc1C(F)(F)F. The lowest BCUT2D eigenvalue weighted by atomic mass is 9.88. The molecule has 10 heteroatoms. The molecule has 0 bridgehead atoms. The monoisotopic (exact) mass is 371 g/mol. The number of aromatic nitrogens is 3. The van der Waals surface area contributed by atoms with Crippen LogP contribution in [0.2, 0.25) is 0 Å². The fraction of sp³-hybridized carbons (Fsp3) is 0.400. The van der Waals surface area contributed by atoms with Crippen LogP contribution < -0.4 is 11.2 Å². The number of nitrogens with two attached hydrogens (primary N) is 1. The van der Waals surface area contributed by atoms with Crippen LogP contribution in [0.5, 0.6) is 0 Å². The summed E-state index contributed by atoms with van der Waals surface area (Å²) in [5, 5.41) is 9.17. The van der Waals surface area contributed by atoms with Gasteiger partial charge in [0.1, 0.15) is 0 Å². The van der Waals surface area contributed by atoms with Crippen LogP contribution in [0.25, 0.3) is 0 Å². The van der Waals surface area contributed by atoms with E-state index in [-0.39, 0.29) is 22.9 Å². The highest BCUT2D eigenvalue weighted by atomic mass is 32.2. The number of nitrogens with zero attached hydrogens (tertiary/aromatic N) is 3. The summed E-state index contributed by atoms with van der Waals surface area (Å²) in [6, 6.07) is 7.83. The third kappa shape index (κ3) is 3.89. The van der Waals surface area contributed by atoms with Gasteiger partial charge >= 0.3 is 6.18 Å². The van der Waals surface area contributed by atoms with E-state index >= 15 is 0 Å². The number of aryl methyl sites for hydroxylation is 1. The Labute approximate surface area is 146 Å². The molecule has 1 unspecified atom stereocenters. The quantitative estimate of drug-likeness (QED) is 0.636. The average molecular weight is 371 g/mol. The molecular formula is C15H16F3N5OS. The summed E-state index contributed by atoms with van der Waals surface area (Å²) in [6.45, 7) is 0. The maximum absolute atomic E-state index is 12.6. The molecule has 6 nitrogen and oxygen atoms in total. The van der Waals surface area contributed by atoms with Crippen molar-refractivity contribution >= 4 is 17.7 Å². The molecule has 1 aliphatic carbocycles. The van der Waals surface area contributed by atoms with Crippen molar-refractivity contribution in [3.63, 3.8) is 0 Å². The molecule has 25 heavy (non-hydrogen) atoms. The molecule has 3 rings (SSSR count). The number of alkyl halides is 3. The fourth-order valence-corrected chi connectivity index (χ4v) is 3.51. The minimum atomic E-state index is -4.69. The van der Waals surface area contributed by atoms with Crippen LogP contribution in [0.15, 0.2) is 29.4 Å². The molecule has 134 valence electrons. The van der Waals surface area contributed by atoms with Gasteiger partial charge in [-0.15, -0.1) is 10.2 Å². The zero-order valence-corrected chi connectivity index (χ0v) is 13.9. The van der Waals surface area contributed by atoms with Gasteiger partial charge in [-0.3, -0.25) is 4.79 Å². The predicted octanol–water partition coefficient (Wildman–Crippen LogP) is 2.30. The van der Waals surface area contributed by atoms with Crippen molar-refractivity contribution in [1.29, 1.82) is 0 Å². The second-order valence-corrected chi connectivity index (χ2v) is 6.62. The van der Waals surface area contributed by atoms with E-state index < -0.39 is 12.0 Å². The number of hydrogen-bond acceptors (Lipinski definition) is 5. The standard InChI is InChI=1S/C15H16F3N5OS/c16-15(17,18)13-21-22-14(23(13)19)25-8-12(24)20-11-7-3-5-9-4-1-2-6-10(9)11/h1-2,4,6,11H,3,5,7-8,19H2,(H,20,24). The van der Waals surface area contributed by atoms with Crippen molar-refractivity contribution in [2.75, 3.05) is 11.6 Å². The third-order valence-corrected chi connectivity index (χ3v) is 4.90. The number of rotatable bonds is 4. The maximum atomic E-state index is 12.6. The summed E-state index contributed by atoms with van der Waals surface area (Å²) in [6.07, 6.45) is -1.90. The van der Waals surface area contributed by atoms with Gasteiger partial charge in [0, 0.05) is 0 Å².